The lowest BCUT2D eigenvalue weighted by molar-refractivity contribution is -0.275. The molecule has 0 radical (unpaired) electrons. The van der Waals surface area contributed by atoms with Crippen molar-refractivity contribution in [1.82, 2.24) is 4.90 Å². The zero-order chi connectivity index (χ0) is 25.2. The number of imide groups is 1. The average molecular weight is 521 g/mol. The molecule has 14 heteroatoms. The second-order valence-electron chi connectivity index (χ2n) is 7.03. The van der Waals surface area contributed by atoms with Crippen molar-refractivity contribution in [2.45, 2.75) is 32.7 Å². The molecular formula is C20H19F3N2O7S2. The van der Waals surface area contributed by atoms with Gasteiger partial charge in [0.15, 0.2) is 22.6 Å². The maximum atomic E-state index is 13.2. The first-order chi connectivity index (χ1) is 15.9. The molecule has 2 heterocycles. The van der Waals surface area contributed by atoms with Crippen LogP contribution in [0.15, 0.2) is 23.6 Å². The molecule has 1 aromatic heterocycles. The molecule has 3 rings (SSSR count). The number of nitrogens with one attached hydrogen (secondary N) is 1. The van der Waals surface area contributed by atoms with Gasteiger partial charge in [-0.05, 0) is 31.0 Å². The quantitative estimate of drug-likeness (QED) is 0.379. The molecule has 9 nitrogen and oxygen atoms in total. The summed E-state index contributed by atoms with van der Waals surface area (Å²) in [7, 11) is 0. The number of carbonyl (C=O) groups is 3. The summed E-state index contributed by atoms with van der Waals surface area (Å²) in [6, 6.07) is 2.30. The number of rotatable bonds is 9. The summed E-state index contributed by atoms with van der Waals surface area (Å²) in [5.41, 5.74) is 0.235. The van der Waals surface area contributed by atoms with Gasteiger partial charge >= 0.3 is 6.36 Å². The Morgan fingerprint density at radius 2 is 1.97 bits per heavy atom. The van der Waals surface area contributed by atoms with E-state index in [9.17, 15) is 36.3 Å². The Hall–Kier alpha value is -2.97. The van der Waals surface area contributed by atoms with Crippen LogP contribution in [-0.2, 0) is 15.9 Å². The molecular weight excluding hydrogens is 501 g/mol. The Morgan fingerprint density at radius 3 is 2.56 bits per heavy atom. The molecule has 0 bridgehead atoms. The lowest BCUT2D eigenvalue weighted by Gasteiger charge is -2.27. The highest BCUT2D eigenvalue weighted by molar-refractivity contribution is 7.79. The molecule has 0 spiro atoms. The van der Waals surface area contributed by atoms with Crippen molar-refractivity contribution >= 4 is 45.1 Å². The highest BCUT2D eigenvalue weighted by atomic mass is 32.2. The number of anilines is 1. The van der Waals surface area contributed by atoms with Crippen LogP contribution in [0.5, 0.6) is 11.5 Å². The first-order valence-corrected chi connectivity index (χ1v) is 11.9. The van der Waals surface area contributed by atoms with Crippen LogP contribution in [0.25, 0.3) is 0 Å². The number of ether oxygens (including phenoxy) is 2. The molecule has 1 aromatic carbocycles. The molecule has 1 unspecified atom stereocenters. The van der Waals surface area contributed by atoms with Crippen molar-refractivity contribution in [2.24, 2.45) is 0 Å². The normalized spacial score (nSPS) is 15.2. The van der Waals surface area contributed by atoms with E-state index in [0.29, 0.717) is 0 Å². The molecule has 0 aliphatic carbocycles. The maximum Gasteiger partial charge on any atom is 0.573 e. The van der Waals surface area contributed by atoms with E-state index in [1.807, 2.05) is 0 Å². The molecule has 34 heavy (non-hydrogen) atoms. The van der Waals surface area contributed by atoms with Crippen LogP contribution in [-0.4, -0.2) is 50.1 Å². The van der Waals surface area contributed by atoms with Crippen LogP contribution in [0.3, 0.4) is 0 Å². The SMILES string of the molecule is CCOc1cc([C@H](CCS(=O)O)N2C(=O)c3csc(NC(C)=O)c3C2=O)ccc1OC(F)(F)F. The highest BCUT2D eigenvalue weighted by Crippen LogP contribution is 2.42. The monoisotopic (exact) mass is 520 g/mol. The third-order valence-corrected chi connectivity index (χ3v) is 6.20. The molecule has 184 valence electrons. The standard InChI is InChI=1S/C20H19F3N2O7S2/c1-3-31-15-8-11(4-5-14(15)32-20(21,22)23)13(6-7-34(29)30)25-18(27)12-9-33-17(24-10(2)26)16(12)19(25)28/h4-5,8-9,13H,3,6-7H2,1-2H3,(H,24,26)(H,29,30)/t13-/m0/s1. The molecule has 1 aliphatic rings. The summed E-state index contributed by atoms with van der Waals surface area (Å²) >= 11 is -1.27. The first kappa shape index (κ1) is 25.6. The van der Waals surface area contributed by atoms with E-state index in [2.05, 4.69) is 10.1 Å². The fourth-order valence-corrected chi connectivity index (χ4v) is 4.87. The fraction of sp³-hybridized carbons (Fsp3) is 0.350. The fourth-order valence-electron chi connectivity index (χ4n) is 3.47. The molecule has 0 fully saturated rings. The molecule has 0 saturated heterocycles. The van der Waals surface area contributed by atoms with Gasteiger partial charge in [-0.15, -0.1) is 24.5 Å². The Morgan fingerprint density at radius 1 is 1.26 bits per heavy atom. The number of halogens is 3. The zero-order valence-corrected chi connectivity index (χ0v) is 19.4. The minimum atomic E-state index is -4.98. The van der Waals surface area contributed by atoms with Crippen molar-refractivity contribution in [1.29, 1.82) is 0 Å². The number of thiophene rings is 1. The minimum absolute atomic E-state index is 0.00163. The number of carbonyl (C=O) groups excluding carboxylic acids is 3. The summed E-state index contributed by atoms with van der Waals surface area (Å²) in [6.45, 7) is 2.79. The van der Waals surface area contributed by atoms with E-state index < -0.39 is 47.0 Å². The van der Waals surface area contributed by atoms with E-state index in [1.54, 1.807) is 6.92 Å². The van der Waals surface area contributed by atoms with Gasteiger partial charge in [-0.25, -0.2) is 4.21 Å². The third kappa shape index (κ3) is 5.56. The lowest BCUT2D eigenvalue weighted by atomic mass is 10.0. The van der Waals surface area contributed by atoms with Gasteiger partial charge in [-0.1, -0.05) is 6.07 Å². The second kappa shape index (κ2) is 10.1. The first-order valence-electron chi connectivity index (χ1n) is 9.79. The maximum absolute atomic E-state index is 13.2. The number of amides is 3. The number of fused-ring (bicyclic) bond motifs is 1. The number of nitrogens with zero attached hydrogens (tertiary/aromatic N) is 1. The van der Waals surface area contributed by atoms with E-state index in [-0.39, 0.29) is 46.2 Å². The Balaban J connectivity index is 2.04. The van der Waals surface area contributed by atoms with E-state index in [0.717, 1.165) is 22.3 Å². The largest absolute Gasteiger partial charge is 0.573 e. The van der Waals surface area contributed by atoms with Gasteiger partial charge in [0.25, 0.3) is 11.8 Å². The van der Waals surface area contributed by atoms with Crippen molar-refractivity contribution < 1.29 is 45.8 Å². The number of alkyl halides is 3. The predicted molar refractivity (Wildman–Crippen MR) is 116 cm³/mol. The van der Waals surface area contributed by atoms with E-state index >= 15 is 0 Å². The van der Waals surface area contributed by atoms with Crippen molar-refractivity contribution in [3.8, 4) is 11.5 Å². The predicted octanol–water partition coefficient (Wildman–Crippen LogP) is 3.95. The Bertz CT molecular complexity index is 1150. The number of hydrogen-bond donors (Lipinski definition) is 2. The second-order valence-corrected chi connectivity index (χ2v) is 8.96. The molecule has 3 amide bonds. The average Bonchev–Trinajstić information content (AvgIpc) is 3.23. The van der Waals surface area contributed by atoms with Gasteiger partial charge < -0.3 is 19.3 Å². The van der Waals surface area contributed by atoms with Crippen LogP contribution >= 0.6 is 11.3 Å². The minimum Gasteiger partial charge on any atom is -0.490 e. The molecule has 2 atom stereocenters. The summed E-state index contributed by atoms with van der Waals surface area (Å²) in [5, 5.41) is 4.08. The Kier molecular flexibility index (Phi) is 7.63. The third-order valence-electron chi connectivity index (χ3n) is 4.72. The summed E-state index contributed by atoms with van der Waals surface area (Å²) in [5.74, 6) is -3.11. The molecule has 2 aromatic rings. The lowest BCUT2D eigenvalue weighted by Crippen LogP contribution is -2.35. The summed E-state index contributed by atoms with van der Waals surface area (Å²) < 4.78 is 68.1. The zero-order valence-electron chi connectivity index (χ0n) is 17.8. The highest BCUT2D eigenvalue weighted by Gasteiger charge is 2.44. The van der Waals surface area contributed by atoms with Gasteiger partial charge in [0, 0.05) is 12.3 Å². The van der Waals surface area contributed by atoms with Crippen molar-refractivity contribution in [3.05, 3.63) is 40.3 Å². The molecule has 0 saturated carbocycles. The topological polar surface area (TPSA) is 122 Å². The van der Waals surface area contributed by atoms with Crippen LogP contribution in [0.4, 0.5) is 18.2 Å². The van der Waals surface area contributed by atoms with Crippen LogP contribution in [0.1, 0.15) is 52.6 Å². The van der Waals surface area contributed by atoms with Gasteiger partial charge in [0.05, 0.1) is 29.5 Å². The summed E-state index contributed by atoms with van der Waals surface area (Å²) in [4.78, 5) is 38.6. The van der Waals surface area contributed by atoms with Crippen LogP contribution in [0.2, 0.25) is 0 Å². The van der Waals surface area contributed by atoms with Crippen LogP contribution in [0, 0.1) is 0 Å². The number of hydrogen-bond acceptors (Lipinski definition) is 7. The van der Waals surface area contributed by atoms with Gasteiger partial charge in [0.1, 0.15) is 5.00 Å². The van der Waals surface area contributed by atoms with E-state index in [4.69, 9.17) is 4.74 Å². The van der Waals surface area contributed by atoms with Gasteiger partial charge in [0.2, 0.25) is 5.91 Å². The van der Waals surface area contributed by atoms with Crippen molar-refractivity contribution in [3.63, 3.8) is 0 Å². The van der Waals surface area contributed by atoms with Crippen molar-refractivity contribution in [2.75, 3.05) is 17.7 Å². The van der Waals surface area contributed by atoms with Gasteiger partial charge in [-0.2, -0.15) is 0 Å². The Labute approximate surface area is 198 Å². The van der Waals surface area contributed by atoms with Crippen LogP contribution < -0.4 is 14.8 Å². The molecule has 1 aliphatic heterocycles. The van der Waals surface area contributed by atoms with Gasteiger partial charge in [-0.3, -0.25) is 19.3 Å². The van der Waals surface area contributed by atoms with E-state index in [1.165, 1.54) is 24.4 Å². The summed E-state index contributed by atoms with van der Waals surface area (Å²) in [6.07, 6.45) is -5.13. The number of benzene rings is 1. The smallest absolute Gasteiger partial charge is 0.490 e. The molecule has 2 N–H and O–H groups in total.